The number of nitro benzene ring substituents is 1. The molecule has 0 saturated heterocycles. The van der Waals surface area contributed by atoms with Crippen LogP contribution in [0.2, 0.25) is 0 Å². The minimum Gasteiger partial charge on any atom is -0.464 e. The van der Waals surface area contributed by atoms with Crippen molar-refractivity contribution in [3.8, 4) is 0 Å². The number of carbonyl (C=O) groups excluding carboxylic acids is 1. The zero-order valence-corrected chi connectivity index (χ0v) is 12.5. The molecule has 2 rings (SSSR count). The number of alkyl halides is 1. The van der Waals surface area contributed by atoms with E-state index in [1.54, 1.807) is 6.07 Å². The van der Waals surface area contributed by atoms with Crippen molar-refractivity contribution in [1.29, 1.82) is 0 Å². The summed E-state index contributed by atoms with van der Waals surface area (Å²) in [6.45, 7) is 0.187. The number of aromatic nitrogens is 1. The Labute approximate surface area is 127 Å². The molecule has 9 heteroatoms. The van der Waals surface area contributed by atoms with Gasteiger partial charge < -0.3 is 4.74 Å². The van der Waals surface area contributed by atoms with E-state index in [-0.39, 0.29) is 29.9 Å². The maximum absolute atomic E-state index is 11.3. The van der Waals surface area contributed by atoms with Gasteiger partial charge >= 0.3 is 5.97 Å². The highest BCUT2D eigenvalue weighted by atomic mass is 35.5. The molecule has 0 bridgehead atoms. The van der Waals surface area contributed by atoms with Crippen LogP contribution in [0.5, 0.6) is 0 Å². The number of nitrogens with zero attached hydrogens (tertiary/aromatic N) is 2. The molecule has 0 saturated carbocycles. The lowest BCUT2D eigenvalue weighted by Crippen LogP contribution is -2.08. The van der Waals surface area contributed by atoms with Crippen LogP contribution in [0.3, 0.4) is 0 Å². The van der Waals surface area contributed by atoms with Gasteiger partial charge in [-0.1, -0.05) is 11.8 Å². The molecule has 0 spiro atoms. The van der Waals surface area contributed by atoms with E-state index in [0.717, 1.165) is 4.70 Å². The fourth-order valence-corrected chi connectivity index (χ4v) is 3.36. The Morgan fingerprint density at radius 1 is 1.55 bits per heavy atom. The normalized spacial score (nSPS) is 10.7. The summed E-state index contributed by atoms with van der Waals surface area (Å²) >= 11 is 7.95. The highest BCUT2D eigenvalue weighted by molar-refractivity contribution is 8.01. The molecule has 2 aromatic rings. The third-order valence-electron chi connectivity index (χ3n) is 2.22. The summed E-state index contributed by atoms with van der Waals surface area (Å²) in [5.74, 6) is 0.0425. The molecule has 0 atom stereocenters. The Balaban J connectivity index is 2.04. The van der Waals surface area contributed by atoms with Gasteiger partial charge in [0, 0.05) is 12.1 Å². The third-order valence-corrected chi connectivity index (χ3v) is 4.51. The molecule has 1 aromatic carbocycles. The maximum Gasteiger partial charge on any atom is 0.316 e. The minimum absolute atomic E-state index is 0.0271. The Morgan fingerprint density at radius 2 is 2.35 bits per heavy atom. The number of esters is 1. The predicted molar refractivity (Wildman–Crippen MR) is 78.7 cm³/mol. The van der Waals surface area contributed by atoms with Crippen LogP contribution in [0.4, 0.5) is 5.69 Å². The zero-order valence-electron chi connectivity index (χ0n) is 10.1. The first-order valence-electron chi connectivity index (χ1n) is 5.49. The number of hydrogen-bond acceptors (Lipinski definition) is 7. The van der Waals surface area contributed by atoms with Crippen molar-refractivity contribution < 1.29 is 14.5 Å². The highest BCUT2D eigenvalue weighted by Crippen LogP contribution is 2.31. The Bertz CT molecular complexity index is 646. The molecule has 0 amide bonds. The fourth-order valence-electron chi connectivity index (χ4n) is 1.38. The van der Waals surface area contributed by atoms with E-state index in [9.17, 15) is 14.9 Å². The molecule has 1 heterocycles. The number of halogens is 1. The van der Waals surface area contributed by atoms with Gasteiger partial charge in [-0.2, -0.15) is 0 Å². The van der Waals surface area contributed by atoms with Gasteiger partial charge in [0.05, 0.1) is 26.8 Å². The monoisotopic (exact) mass is 332 g/mol. The van der Waals surface area contributed by atoms with Gasteiger partial charge in [-0.3, -0.25) is 14.9 Å². The quantitative estimate of drug-likeness (QED) is 0.266. The van der Waals surface area contributed by atoms with Gasteiger partial charge in [0.2, 0.25) is 0 Å². The summed E-state index contributed by atoms with van der Waals surface area (Å²) in [5, 5.41) is 10.7. The molecule has 0 N–H and O–H groups in total. The summed E-state index contributed by atoms with van der Waals surface area (Å²) in [6, 6.07) is 4.48. The lowest BCUT2D eigenvalue weighted by atomic mass is 10.3. The van der Waals surface area contributed by atoms with Gasteiger partial charge in [-0.05, 0) is 6.07 Å². The molecule has 0 unspecified atom stereocenters. The molecular formula is C11H9ClN2O4S2. The minimum atomic E-state index is -0.449. The van der Waals surface area contributed by atoms with Crippen molar-refractivity contribution in [2.75, 3.05) is 18.2 Å². The standard InChI is InChI=1S/C11H9ClN2O4S2/c12-3-4-18-10(15)6-19-11-13-8-2-1-7(14(16)17)5-9(8)20-11/h1-2,5H,3-4,6H2. The molecule has 0 fully saturated rings. The third kappa shape index (κ3) is 3.81. The van der Waals surface area contributed by atoms with Crippen molar-refractivity contribution in [1.82, 2.24) is 4.98 Å². The molecule has 0 radical (unpaired) electrons. The SMILES string of the molecule is O=C(CSc1nc2ccc([N+](=O)[O-])cc2s1)OCCCl. The molecule has 0 aliphatic heterocycles. The topological polar surface area (TPSA) is 82.3 Å². The van der Waals surface area contributed by atoms with E-state index < -0.39 is 4.92 Å². The number of non-ortho nitro benzene ring substituents is 1. The van der Waals surface area contributed by atoms with Crippen molar-refractivity contribution in [3.63, 3.8) is 0 Å². The second-order valence-corrected chi connectivity index (χ2v) is 6.22. The van der Waals surface area contributed by atoms with E-state index >= 15 is 0 Å². The molecule has 0 aliphatic carbocycles. The number of thiazole rings is 1. The van der Waals surface area contributed by atoms with E-state index in [4.69, 9.17) is 16.3 Å². The first-order chi connectivity index (χ1) is 9.60. The van der Waals surface area contributed by atoms with Crippen LogP contribution in [0.15, 0.2) is 22.5 Å². The average molecular weight is 333 g/mol. The van der Waals surface area contributed by atoms with Crippen LogP contribution in [0.1, 0.15) is 0 Å². The summed E-state index contributed by atoms with van der Waals surface area (Å²) in [7, 11) is 0. The van der Waals surface area contributed by atoms with Gasteiger partial charge in [-0.25, -0.2) is 4.98 Å². The largest absolute Gasteiger partial charge is 0.464 e. The number of nitro groups is 1. The van der Waals surface area contributed by atoms with Gasteiger partial charge in [0.25, 0.3) is 5.69 Å². The van der Waals surface area contributed by atoms with Crippen molar-refractivity contribution in [2.24, 2.45) is 0 Å². The van der Waals surface area contributed by atoms with E-state index in [2.05, 4.69) is 4.98 Å². The molecule has 1 aromatic heterocycles. The fraction of sp³-hybridized carbons (Fsp3) is 0.273. The average Bonchev–Trinajstić information content (AvgIpc) is 2.84. The van der Waals surface area contributed by atoms with Crippen LogP contribution in [0, 0.1) is 10.1 Å². The molecule has 106 valence electrons. The van der Waals surface area contributed by atoms with Gasteiger partial charge in [-0.15, -0.1) is 22.9 Å². The van der Waals surface area contributed by atoms with Crippen LogP contribution in [-0.2, 0) is 9.53 Å². The van der Waals surface area contributed by atoms with Crippen molar-refractivity contribution in [3.05, 3.63) is 28.3 Å². The lowest BCUT2D eigenvalue weighted by molar-refractivity contribution is -0.384. The Morgan fingerprint density at radius 3 is 3.05 bits per heavy atom. The number of thioether (sulfide) groups is 1. The predicted octanol–water partition coefficient (Wildman–Crippen LogP) is 3.08. The number of ether oxygens (including phenoxy) is 1. The summed E-state index contributed by atoms with van der Waals surface area (Å²) in [6.07, 6.45) is 0. The lowest BCUT2D eigenvalue weighted by Gasteiger charge is -1.99. The number of carbonyl (C=O) groups is 1. The molecule has 6 nitrogen and oxygen atoms in total. The van der Waals surface area contributed by atoms with Crippen LogP contribution >= 0.6 is 34.7 Å². The molecule has 20 heavy (non-hydrogen) atoms. The van der Waals surface area contributed by atoms with E-state index in [1.807, 2.05) is 0 Å². The molecular weight excluding hydrogens is 324 g/mol. The number of hydrogen-bond donors (Lipinski definition) is 0. The Hall–Kier alpha value is -1.38. The number of fused-ring (bicyclic) bond motifs is 1. The zero-order chi connectivity index (χ0) is 14.5. The second kappa shape index (κ2) is 6.87. The number of rotatable bonds is 6. The van der Waals surface area contributed by atoms with E-state index in [1.165, 1.54) is 35.2 Å². The summed E-state index contributed by atoms with van der Waals surface area (Å²) in [4.78, 5) is 25.8. The van der Waals surface area contributed by atoms with Crippen LogP contribution in [-0.4, -0.2) is 34.1 Å². The van der Waals surface area contributed by atoms with Crippen LogP contribution < -0.4 is 0 Å². The van der Waals surface area contributed by atoms with E-state index in [0.29, 0.717) is 9.86 Å². The second-order valence-electron chi connectivity index (χ2n) is 3.59. The highest BCUT2D eigenvalue weighted by Gasteiger charge is 2.12. The summed E-state index contributed by atoms with van der Waals surface area (Å²) in [5.41, 5.74) is 0.705. The first kappa shape index (κ1) is 15.0. The maximum atomic E-state index is 11.3. The van der Waals surface area contributed by atoms with Gasteiger partial charge in [0.1, 0.15) is 6.61 Å². The van der Waals surface area contributed by atoms with Crippen molar-refractivity contribution >= 4 is 56.6 Å². The number of benzene rings is 1. The van der Waals surface area contributed by atoms with Crippen LogP contribution in [0.25, 0.3) is 10.2 Å². The van der Waals surface area contributed by atoms with Gasteiger partial charge in [0.15, 0.2) is 4.34 Å². The van der Waals surface area contributed by atoms with Crippen molar-refractivity contribution in [2.45, 2.75) is 4.34 Å². The first-order valence-corrected chi connectivity index (χ1v) is 7.83. The molecule has 0 aliphatic rings. The smallest absolute Gasteiger partial charge is 0.316 e. The Kier molecular flexibility index (Phi) is 5.16. The summed E-state index contributed by atoms with van der Waals surface area (Å²) < 4.78 is 6.22.